The summed E-state index contributed by atoms with van der Waals surface area (Å²) in [6.45, 7) is 3.47. The predicted octanol–water partition coefficient (Wildman–Crippen LogP) is 2.52. The van der Waals surface area contributed by atoms with Gasteiger partial charge < -0.3 is 14.3 Å². The van der Waals surface area contributed by atoms with E-state index in [2.05, 4.69) is 0 Å². The van der Waals surface area contributed by atoms with E-state index >= 15 is 0 Å². The summed E-state index contributed by atoms with van der Waals surface area (Å²) >= 11 is 0. The van der Waals surface area contributed by atoms with Crippen molar-refractivity contribution >= 4 is 16.9 Å². The number of rotatable bonds is 5. The zero-order chi connectivity index (χ0) is 14.7. The molecule has 0 amide bonds. The van der Waals surface area contributed by atoms with Crippen LogP contribution < -0.4 is 10.4 Å². The molecule has 0 bridgehead atoms. The molecule has 5 heteroatoms. The van der Waals surface area contributed by atoms with Crippen LogP contribution in [0.5, 0.6) is 5.75 Å². The number of fused-ring (bicyclic) bond motifs is 1. The predicted molar refractivity (Wildman–Crippen MR) is 74.3 cm³/mol. The van der Waals surface area contributed by atoms with Gasteiger partial charge in [0.2, 0.25) is 0 Å². The van der Waals surface area contributed by atoms with E-state index < -0.39 is 12.6 Å². The van der Waals surface area contributed by atoms with E-state index in [4.69, 9.17) is 14.3 Å². The molecule has 0 fully saturated rings. The molecule has 0 aliphatic heterocycles. The van der Waals surface area contributed by atoms with Crippen LogP contribution in [0.25, 0.3) is 11.0 Å². The second-order valence-electron chi connectivity index (χ2n) is 4.58. The topological polar surface area (TPSA) is 76.7 Å². The minimum Gasteiger partial charge on any atom is -0.482 e. The lowest BCUT2D eigenvalue weighted by Crippen LogP contribution is -2.11. The van der Waals surface area contributed by atoms with Gasteiger partial charge in [0.15, 0.2) is 6.61 Å². The third kappa shape index (κ3) is 2.82. The zero-order valence-corrected chi connectivity index (χ0v) is 11.4. The van der Waals surface area contributed by atoms with Crippen molar-refractivity contribution in [3.63, 3.8) is 0 Å². The lowest BCUT2D eigenvalue weighted by molar-refractivity contribution is -0.139. The van der Waals surface area contributed by atoms with Gasteiger partial charge in [-0.15, -0.1) is 0 Å². The highest BCUT2D eigenvalue weighted by atomic mass is 16.5. The molecule has 106 valence electrons. The molecule has 2 aromatic rings. The van der Waals surface area contributed by atoms with Crippen LogP contribution in [0.4, 0.5) is 0 Å². The van der Waals surface area contributed by atoms with Crippen molar-refractivity contribution in [2.24, 2.45) is 0 Å². The van der Waals surface area contributed by atoms with E-state index in [9.17, 15) is 9.59 Å². The fourth-order valence-corrected chi connectivity index (χ4v) is 2.15. The van der Waals surface area contributed by atoms with E-state index in [1.165, 1.54) is 0 Å². The quantitative estimate of drug-likeness (QED) is 0.849. The van der Waals surface area contributed by atoms with Gasteiger partial charge in [-0.3, -0.25) is 0 Å². The molecule has 1 N–H and O–H groups in total. The minimum atomic E-state index is -1.05. The van der Waals surface area contributed by atoms with Gasteiger partial charge in [0, 0.05) is 17.0 Å². The second-order valence-corrected chi connectivity index (χ2v) is 4.58. The maximum absolute atomic E-state index is 11.9. The van der Waals surface area contributed by atoms with E-state index in [1.807, 2.05) is 13.8 Å². The largest absolute Gasteiger partial charge is 0.482 e. The van der Waals surface area contributed by atoms with E-state index in [-0.39, 0.29) is 5.63 Å². The molecule has 0 spiro atoms. The molecule has 0 aliphatic rings. The number of carbonyl (C=O) groups is 1. The van der Waals surface area contributed by atoms with Gasteiger partial charge >= 0.3 is 11.6 Å². The third-order valence-corrected chi connectivity index (χ3v) is 3.12. The second kappa shape index (κ2) is 5.77. The standard InChI is InChI=1S/C15H16O5/c1-3-4-12-9(2)11-6-5-10(19-8-14(16)17)7-13(11)20-15(12)18/h5-7H,3-4,8H2,1-2H3,(H,16,17). The Morgan fingerprint density at radius 3 is 2.80 bits per heavy atom. The highest BCUT2D eigenvalue weighted by Crippen LogP contribution is 2.24. The Morgan fingerprint density at radius 1 is 1.40 bits per heavy atom. The molecule has 1 aromatic heterocycles. The summed E-state index contributed by atoms with van der Waals surface area (Å²) < 4.78 is 10.4. The molecular weight excluding hydrogens is 260 g/mol. The smallest absolute Gasteiger partial charge is 0.341 e. The van der Waals surface area contributed by atoms with Crippen LogP contribution >= 0.6 is 0 Å². The van der Waals surface area contributed by atoms with Crippen molar-refractivity contribution in [1.82, 2.24) is 0 Å². The number of ether oxygens (including phenoxy) is 1. The van der Waals surface area contributed by atoms with Crippen LogP contribution in [0.1, 0.15) is 24.5 Å². The molecule has 1 heterocycles. The summed E-state index contributed by atoms with van der Waals surface area (Å²) in [6.07, 6.45) is 1.55. The van der Waals surface area contributed by atoms with Gasteiger partial charge in [-0.2, -0.15) is 0 Å². The Balaban J connectivity index is 2.46. The first-order chi connectivity index (χ1) is 9.52. The first-order valence-electron chi connectivity index (χ1n) is 6.44. The monoisotopic (exact) mass is 276 g/mol. The molecule has 5 nitrogen and oxygen atoms in total. The lowest BCUT2D eigenvalue weighted by Gasteiger charge is -2.08. The summed E-state index contributed by atoms with van der Waals surface area (Å²) in [5, 5.41) is 9.42. The number of benzene rings is 1. The average molecular weight is 276 g/mol. The molecule has 0 unspecified atom stereocenters. The molecule has 20 heavy (non-hydrogen) atoms. The molecule has 0 saturated carbocycles. The molecule has 0 aliphatic carbocycles. The van der Waals surface area contributed by atoms with Crippen LogP contribution in [0.2, 0.25) is 0 Å². The van der Waals surface area contributed by atoms with Crippen molar-refractivity contribution in [1.29, 1.82) is 0 Å². The maximum Gasteiger partial charge on any atom is 0.341 e. The van der Waals surface area contributed by atoms with Gasteiger partial charge in [-0.25, -0.2) is 9.59 Å². The summed E-state index contributed by atoms with van der Waals surface area (Å²) in [5.41, 5.74) is 1.67. The fourth-order valence-electron chi connectivity index (χ4n) is 2.15. The summed E-state index contributed by atoms with van der Waals surface area (Å²) in [4.78, 5) is 22.4. The van der Waals surface area contributed by atoms with Gasteiger partial charge in [0.05, 0.1) is 0 Å². The summed E-state index contributed by atoms with van der Waals surface area (Å²) in [7, 11) is 0. The van der Waals surface area contributed by atoms with E-state index in [0.717, 1.165) is 17.4 Å². The average Bonchev–Trinajstić information content (AvgIpc) is 2.41. The van der Waals surface area contributed by atoms with Crippen molar-refractivity contribution in [2.45, 2.75) is 26.7 Å². The molecule has 0 radical (unpaired) electrons. The molecule has 0 atom stereocenters. The lowest BCUT2D eigenvalue weighted by atomic mass is 10.0. The minimum absolute atomic E-state index is 0.341. The van der Waals surface area contributed by atoms with Crippen molar-refractivity contribution in [3.8, 4) is 5.75 Å². The van der Waals surface area contributed by atoms with Crippen molar-refractivity contribution < 1.29 is 19.1 Å². The van der Waals surface area contributed by atoms with Crippen LogP contribution in [0.15, 0.2) is 27.4 Å². The zero-order valence-electron chi connectivity index (χ0n) is 11.4. The van der Waals surface area contributed by atoms with E-state index in [0.29, 0.717) is 23.3 Å². The Hall–Kier alpha value is -2.30. The third-order valence-electron chi connectivity index (χ3n) is 3.12. The van der Waals surface area contributed by atoms with Crippen LogP contribution in [-0.4, -0.2) is 17.7 Å². The van der Waals surface area contributed by atoms with E-state index in [1.54, 1.807) is 18.2 Å². The highest BCUT2D eigenvalue weighted by Gasteiger charge is 2.11. The Morgan fingerprint density at radius 2 is 2.15 bits per heavy atom. The number of hydrogen-bond donors (Lipinski definition) is 1. The first kappa shape index (κ1) is 14.1. The van der Waals surface area contributed by atoms with Crippen molar-refractivity contribution in [3.05, 3.63) is 39.7 Å². The number of aryl methyl sites for hydroxylation is 1. The normalized spacial score (nSPS) is 10.7. The molecular formula is C15H16O5. The first-order valence-corrected chi connectivity index (χ1v) is 6.44. The Labute approximate surface area is 115 Å². The molecule has 0 saturated heterocycles. The maximum atomic E-state index is 11.9. The Bertz CT molecular complexity index is 699. The summed E-state index contributed by atoms with van der Waals surface area (Å²) in [5.74, 6) is -0.688. The van der Waals surface area contributed by atoms with Gasteiger partial charge in [-0.1, -0.05) is 13.3 Å². The van der Waals surface area contributed by atoms with Crippen LogP contribution in [0, 0.1) is 6.92 Å². The number of carboxylic acid groups (broad SMARTS) is 1. The Kier molecular flexibility index (Phi) is 4.08. The fraction of sp³-hybridized carbons (Fsp3) is 0.333. The van der Waals surface area contributed by atoms with Crippen LogP contribution in [-0.2, 0) is 11.2 Å². The SMILES string of the molecule is CCCc1c(C)c2ccc(OCC(=O)O)cc2oc1=O. The molecule has 2 rings (SSSR count). The van der Waals surface area contributed by atoms with Crippen LogP contribution in [0.3, 0.4) is 0 Å². The van der Waals surface area contributed by atoms with Gasteiger partial charge in [-0.05, 0) is 31.0 Å². The van der Waals surface area contributed by atoms with Crippen molar-refractivity contribution in [2.75, 3.05) is 6.61 Å². The summed E-state index contributed by atoms with van der Waals surface area (Å²) in [6, 6.07) is 5.00. The van der Waals surface area contributed by atoms with Gasteiger partial charge in [0.1, 0.15) is 11.3 Å². The van der Waals surface area contributed by atoms with Gasteiger partial charge in [0.25, 0.3) is 0 Å². The number of aliphatic carboxylic acids is 1. The highest BCUT2D eigenvalue weighted by molar-refractivity contribution is 5.82. The number of hydrogen-bond acceptors (Lipinski definition) is 4. The molecule has 1 aromatic carbocycles. The number of carboxylic acids is 1.